The summed E-state index contributed by atoms with van der Waals surface area (Å²) in [6.07, 6.45) is 0. The van der Waals surface area contributed by atoms with E-state index in [1.54, 1.807) is 11.6 Å². The van der Waals surface area contributed by atoms with Crippen molar-refractivity contribution in [2.75, 3.05) is 0 Å². The minimum absolute atomic E-state index is 0.576. The summed E-state index contributed by atoms with van der Waals surface area (Å²) in [5.74, 6) is 3.37. The predicted octanol–water partition coefficient (Wildman–Crippen LogP) is 2.91. The third-order valence-electron chi connectivity index (χ3n) is 0.349. The molecule has 0 rings (SSSR count). The molecule has 0 N–H and O–H groups in total. The molecule has 0 bridgehead atoms. The van der Waals surface area contributed by atoms with Crippen molar-refractivity contribution in [1.29, 1.82) is 0 Å². The van der Waals surface area contributed by atoms with Gasteiger partial charge in [-0.2, -0.15) is 0 Å². The molecule has 0 radical (unpaired) electrons. The van der Waals surface area contributed by atoms with Gasteiger partial charge in [-0.05, 0) is 11.6 Å². The van der Waals surface area contributed by atoms with E-state index in [0.717, 1.165) is 0 Å². The van der Waals surface area contributed by atoms with Crippen LogP contribution in [0.2, 0.25) is 0 Å². The van der Waals surface area contributed by atoms with Crippen LogP contribution in [0.1, 0.15) is 0 Å². The first-order valence-corrected chi connectivity index (χ1v) is 3.89. The molecular formula is C4H6ClP. The molecule has 0 aliphatic carbocycles. The van der Waals surface area contributed by atoms with Crippen molar-refractivity contribution in [1.82, 2.24) is 0 Å². The Morgan fingerprint density at radius 2 is 1.67 bits per heavy atom. The van der Waals surface area contributed by atoms with Gasteiger partial charge in [0.1, 0.15) is 0 Å². The van der Waals surface area contributed by atoms with Gasteiger partial charge in [0.25, 0.3) is 0 Å². The van der Waals surface area contributed by atoms with E-state index >= 15 is 0 Å². The third kappa shape index (κ3) is 2.44. The summed E-state index contributed by atoms with van der Waals surface area (Å²) < 4.78 is 0. The molecule has 0 amide bonds. The maximum absolute atomic E-state index is 5.48. The van der Waals surface area contributed by atoms with E-state index in [-0.39, 0.29) is 0 Å². The normalized spacial score (nSPS) is 8.33. The standard InChI is InChI=1S/C4H6ClP/c1-3-6(5)4-2/h3-4H,1-2H2. The van der Waals surface area contributed by atoms with Gasteiger partial charge in [0.15, 0.2) is 0 Å². The molecule has 2 heteroatoms. The van der Waals surface area contributed by atoms with Crippen molar-refractivity contribution in [2.24, 2.45) is 0 Å². The van der Waals surface area contributed by atoms with Gasteiger partial charge in [-0.1, -0.05) is 24.4 Å². The Morgan fingerprint density at radius 3 is 1.67 bits per heavy atom. The molecule has 0 saturated carbocycles. The lowest BCUT2D eigenvalue weighted by Crippen LogP contribution is -1.34. The third-order valence-corrected chi connectivity index (χ3v) is 1.87. The van der Waals surface area contributed by atoms with Crippen molar-refractivity contribution in [3.05, 3.63) is 24.8 Å². The highest BCUT2D eigenvalue weighted by molar-refractivity contribution is 7.88. The average Bonchev–Trinajstić information content (AvgIpc) is 1.65. The summed E-state index contributed by atoms with van der Waals surface area (Å²) in [6.45, 7) is 6.91. The Kier molecular flexibility index (Phi) is 3.51. The van der Waals surface area contributed by atoms with E-state index in [1.807, 2.05) is 0 Å². The van der Waals surface area contributed by atoms with Gasteiger partial charge in [-0.25, -0.2) is 0 Å². The number of hydrogen-bond acceptors (Lipinski definition) is 0. The van der Waals surface area contributed by atoms with Crippen molar-refractivity contribution in [2.45, 2.75) is 0 Å². The highest BCUT2D eigenvalue weighted by Crippen LogP contribution is 2.42. The molecule has 0 atom stereocenters. The topological polar surface area (TPSA) is 0 Å². The lowest BCUT2D eigenvalue weighted by Gasteiger charge is -1.85. The molecule has 0 spiro atoms. The SMILES string of the molecule is C=CP(Cl)C=C. The summed E-state index contributed by atoms with van der Waals surface area (Å²) in [4.78, 5) is 0. The van der Waals surface area contributed by atoms with Crippen LogP contribution in [0.15, 0.2) is 24.8 Å². The van der Waals surface area contributed by atoms with Crippen molar-refractivity contribution < 1.29 is 0 Å². The molecular weight excluding hydrogens is 114 g/mol. The Labute approximate surface area is 44.1 Å². The van der Waals surface area contributed by atoms with Crippen LogP contribution in [0, 0.1) is 0 Å². The zero-order chi connectivity index (χ0) is 4.99. The van der Waals surface area contributed by atoms with Gasteiger partial charge in [0.2, 0.25) is 0 Å². The lowest BCUT2D eigenvalue weighted by molar-refractivity contribution is 2.52. The molecule has 0 aromatic rings. The summed E-state index contributed by atoms with van der Waals surface area (Å²) in [6, 6.07) is 0. The predicted molar refractivity (Wildman–Crippen MR) is 33.2 cm³/mol. The fourth-order valence-electron chi connectivity index (χ4n) is 0.0745. The summed E-state index contributed by atoms with van der Waals surface area (Å²) in [7, 11) is -0.576. The molecule has 0 saturated heterocycles. The van der Waals surface area contributed by atoms with Crippen molar-refractivity contribution in [3.8, 4) is 0 Å². The van der Waals surface area contributed by atoms with E-state index in [2.05, 4.69) is 13.2 Å². The van der Waals surface area contributed by atoms with E-state index in [4.69, 9.17) is 11.2 Å². The van der Waals surface area contributed by atoms with Gasteiger partial charge in [-0.3, -0.25) is 0 Å². The zero-order valence-electron chi connectivity index (χ0n) is 3.39. The monoisotopic (exact) mass is 120 g/mol. The smallest absolute Gasteiger partial charge is 0.0364 e. The molecule has 0 nitrogen and oxygen atoms in total. The minimum Gasteiger partial charge on any atom is -0.0972 e. The minimum atomic E-state index is -0.576. The van der Waals surface area contributed by atoms with Crippen LogP contribution in [-0.4, -0.2) is 0 Å². The fraction of sp³-hybridized carbons (Fsp3) is 0. The zero-order valence-corrected chi connectivity index (χ0v) is 5.04. The molecule has 0 aliphatic heterocycles. The summed E-state index contributed by atoms with van der Waals surface area (Å²) in [5, 5.41) is 0. The molecule has 0 aliphatic rings. The second-order valence-corrected chi connectivity index (χ2v) is 3.30. The quantitative estimate of drug-likeness (QED) is 0.492. The Hall–Kier alpha value is 0.200. The van der Waals surface area contributed by atoms with Crippen LogP contribution in [-0.2, 0) is 0 Å². The van der Waals surface area contributed by atoms with E-state index < -0.39 is 7.27 Å². The largest absolute Gasteiger partial charge is 0.0972 e. The molecule has 0 heterocycles. The number of hydrogen-bond donors (Lipinski definition) is 0. The molecule has 0 fully saturated rings. The summed E-state index contributed by atoms with van der Waals surface area (Å²) >= 11 is 5.48. The second kappa shape index (κ2) is 3.39. The first kappa shape index (κ1) is 6.20. The van der Waals surface area contributed by atoms with Gasteiger partial charge >= 0.3 is 0 Å². The number of rotatable bonds is 2. The Bertz CT molecular complexity index is 52.6. The molecule has 0 unspecified atom stereocenters. The highest BCUT2D eigenvalue weighted by atomic mass is 35.7. The first-order valence-electron chi connectivity index (χ1n) is 1.50. The molecule has 6 heavy (non-hydrogen) atoms. The van der Waals surface area contributed by atoms with Crippen molar-refractivity contribution >= 4 is 18.5 Å². The maximum atomic E-state index is 5.48. The molecule has 0 aromatic heterocycles. The first-order chi connectivity index (χ1) is 2.81. The highest BCUT2D eigenvalue weighted by Gasteiger charge is 1.81. The maximum Gasteiger partial charge on any atom is 0.0364 e. The van der Waals surface area contributed by atoms with Crippen LogP contribution < -0.4 is 0 Å². The Morgan fingerprint density at radius 1 is 1.33 bits per heavy atom. The van der Waals surface area contributed by atoms with Crippen LogP contribution in [0.3, 0.4) is 0 Å². The van der Waals surface area contributed by atoms with E-state index in [0.29, 0.717) is 0 Å². The van der Waals surface area contributed by atoms with Gasteiger partial charge in [0, 0.05) is 7.27 Å². The van der Waals surface area contributed by atoms with Gasteiger partial charge in [0.05, 0.1) is 0 Å². The van der Waals surface area contributed by atoms with Crippen LogP contribution in [0.4, 0.5) is 0 Å². The van der Waals surface area contributed by atoms with Crippen LogP contribution in [0.5, 0.6) is 0 Å². The van der Waals surface area contributed by atoms with Crippen molar-refractivity contribution in [3.63, 3.8) is 0 Å². The van der Waals surface area contributed by atoms with E-state index in [9.17, 15) is 0 Å². The fourth-order valence-corrected chi connectivity index (χ4v) is 0.224. The number of halogens is 1. The molecule has 34 valence electrons. The lowest BCUT2D eigenvalue weighted by atomic mass is 11.3. The second-order valence-electron chi connectivity index (χ2n) is 0.709. The Balaban J connectivity index is 3.21. The van der Waals surface area contributed by atoms with Crippen LogP contribution >= 0.6 is 18.5 Å². The molecule has 0 aromatic carbocycles. The average molecular weight is 121 g/mol. The van der Waals surface area contributed by atoms with Gasteiger partial charge < -0.3 is 0 Å². The summed E-state index contributed by atoms with van der Waals surface area (Å²) in [5.41, 5.74) is 0. The van der Waals surface area contributed by atoms with E-state index in [1.165, 1.54) is 0 Å². The van der Waals surface area contributed by atoms with Crippen LogP contribution in [0.25, 0.3) is 0 Å². The van der Waals surface area contributed by atoms with Gasteiger partial charge in [-0.15, -0.1) is 0 Å².